The van der Waals surface area contributed by atoms with Gasteiger partial charge in [-0.1, -0.05) is 29.8 Å². The van der Waals surface area contributed by atoms with Crippen LogP contribution in [0.4, 0.5) is 5.69 Å². The average molecular weight is 252 g/mol. The second kappa shape index (κ2) is 4.54. The van der Waals surface area contributed by atoms with E-state index in [0.29, 0.717) is 6.73 Å². The van der Waals surface area contributed by atoms with Crippen molar-refractivity contribution in [2.24, 2.45) is 0 Å². The van der Waals surface area contributed by atoms with Crippen molar-refractivity contribution >= 4 is 11.4 Å². The molecule has 0 N–H and O–H groups in total. The Kier molecular flexibility index (Phi) is 2.86. The molecule has 2 heteroatoms. The van der Waals surface area contributed by atoms with Crippen molar-refractivity contribution < 1.29 is 9.31 Å². The van der Waals surface area contributed by atoms with Crippen molar-refractivity contribution in [3.8, 4) is 5.75 Å². The third kappa shape index (κ3) is 2.03. The monoisotopic (exact) mass is 252 g/mol. The highest BCUT2D eigenvalue weighted by molar-refractivity contribution is 5.98. The van der Waals surface area contributed by atoms with Crippen LogP contribution < -0.4 is 4.74 Å². The van der Waals surface area contributed by atoms with Gasteiger partial charge >= 0.3 is 0 Å². The maximum absolute atomic E-state index is 5.88. The first kappa shape index (κ1) is 12.0. The number of rotatable bonds is 1. The van der Waals surface area contributed by atoms with Crippen LogP contribution in [0.3, 0.4) is 0 Å². The molecule has 0 saturated carbocycles. The number of fused-ring (bicyclic) bond motifs is 1. The topological polar surface area (TPSA) is 12.2 Å². The Morgan fingerprint density at radius 1 is 1.00 bits per heavy atom. The molecule has 0 spiro atoms. The number of hydrogen-bond acceptors (Lipinski definition) is 1. The third-order valence-electron chi connectivity index (χ3n) is 3.69. The Hall–Kier alpha value is -2.09. The van der Waals surface area contributed by atoms with Gasteiger partial charge in [0.1, 0.15) is 5.75 Å². The zero-order chi connectivity index (χ0) is 13.4. The number of nitrogens with zero attached hydrogens (tertiary/aromatic N) is 1. The highest BCUT2D eigenvalue weighted by Crippen LogP contribution is 2.28. The fourth-order valence-electron chi connectivity index (χ4n) is 2.55. The Bertz CT molecular complexity index is 671. The molecule has 3 rings (SSSR count). The number of aryl methyl sites for hydroxylation is 2. The van der Waals surface area contributed by atoms with Gasteiger partial charge in [-0.05, 0) is 26.0 Å². The molecule has 0 saturated heterocycles. The first-order valence-electron chi connectivity index (χ1n) is 6.57. The Morgan fingerprint density at radius 2 is 1.79 bits per heavy atom. The summed E-state index contributed by atoms with van der Waals surface area (Å²) in [6, 6.07) is 14.8. The van der Waals surface area contributed by atoms with E-state index in [9.17, 15) is 0 Å². The van der Waals surface area contributed by atoms with Crippen LogP contribution in [0.25, 0.3) is 0 Å². The molecule has 2 aromatic rings. The highest BCUT2D eigenvalue weighted by Gasteiger charge is 2.25. The first-order chi connectivity index (χ1) is 9.16. The van der Waals surface area contributed by atoms with Gasteiger partial charge in [0.05, 0.1) is 5.56 Å². The molecule has 0 aromatic heterocycles. The van der Waals surface area contributed by atoms with E-state index >= 15 is 0 Å². The Morgan fingerprint density at radius 3 is 2.58 bits per heavy atom. The van der Waals surface area contributed by atoms with Crippen LogP contribution in [-0.4, -0.2) is 17.0 Å². The molecular weight excluding hydrogens is 234 g/mol. The lowest BCUT2D eigenvalue weighted by molar-refractivity contribution is -0.481. The van der Waals surface area contributed by atoms with Crippen LogP contribution in [0.5, 0.6) is 5.75 Å². The zero-order valence-corrected chi connectivity index (χ0v) is 11.6. The van der Waals surface area contributed by atoms with Gasteiger partial charge in [0.15, 0.2) is 5.71 Å². The van der Waals surface area contributed by atoms with Crippen molar-refractivity contribution in [2.45, 2.75) is 20.8 Å². The number of para-hydroxylation sites is 1. The molecule has 1 aliphatic rings. The summed E-state index contributed by atoms with van der Waals surface area (Å²) < 4.78 is 8.11. The fourth-order valence-corrected chi connectivity index (χ4v) is 2.55. The van der Waals surface area contributed by atoms with Crippen molar-refractivity contribution in [3.05, 3.63) is 59.2 Å². The van der Waals surface area contributed by atoms with Crippen molar-refractivity contribution in [1.29, 1.82) is 0 Å². The van der Waals surface area contributed by atoms with Gasteiger partial charge in [-0.25, -0.2) is 0 Å². The largest absolute Gasteiger partial charge is 0.435 e. The second-order valence-electron chi connectivity index (χ2n) is 5.07. The van der Waals surface area contributed by atoms with E-state index in [1.54, 1.807) is 0 Å². The lowest BCUT2D eigenvalue weighted by Gasteiger charge is -2.18. The molecule has 0 aliphatic carbocycles. The molecule has 0 fully saturated rings. The molecule has 96 valence electrons. The average Bonchev–Trinajstić information content (AvgIpc) is 2.41. The van der Waals surface area contributed by atoms with E-state index in [4.69, 9.17) is 4.74 Å². The second-order valence-corrected chi connectivity index (χ2v) is 5.07. The first-order valence-corrected chi connectivity index (χ1v) is 6.57. The Labute approximate surface area is 114 Å². The van der Waals surface area contributed by atoms with Crippen LogP contribution in [-0.2, 0) is 0 Å². The smallest absolute Gasteiger partial charge is 0.292 e. The molecule has 0 radical (unpaired) electrons. The van der Waals surface area contributed by atoms with Crippen LogP contribution in [0.1, 0.15) is 23.6 Å². The summed E-state index contributed by atoms with van der Waals surface area (Å²) in [6.45, 7) is 6.98. The van der Waals surface area contributed by atoms with E-state index in [0.717, 1.165) is 5.75 Å². The predicted molar refractivity (Wildman–Crippen MR) is 77.6 cm³/mol. The molecule has 1 aliphatic heterocycles. The normalized spacial score (nSPS) is 14.1. The van der Waals surface area contributed by atoms with E-state index in [2.05, 4.69) is 67.8 Å². The summed E-state index contributed by atoms with van der Waals surface area (Å²) in [4.78, 5) is 0. The molecule has 0 bridgehead atoms. The van der Waals surface area contributed by atoms with Gasteiger partial charge in [0.25, 0.3) is 6.73 Å². The minimum atomic E-state index is 0.576. The highest BCUT2D eigenvalue weighted by atomic mass is 16.5. The quantitative estimate of drug-likeness (QED) is 0.703. The third-order valence-corrected chi connectivity index (χ3v) is 3.69. The molecule has 0 amide bonds. The maximum Gasteiger partial charge on any atom is 0.292 e. The van der Waals surface area contributed by atoms with E-state index in [1.807, 2.05) is 0 Å². The molecule has 0 atom stereocenters. The molecule has 19 heavy (non-hydrogen) atoms. The maximum atomic E-state index is 5.88. The van der Waals surface area contributed by atoms with E-state index < -0.39 is 0 Å². The zero-order valence-electron chi connectivity index (χ0n) is 11.6. The summed E-state index contributed by atoms with van der Waals surface area (Å²) in [6.07, 6.45) is 0. The molecular formula is C17H18NO+. The van der Waals surface area contributed by atoms with Crippen LogP contribution in [0.2, 0.25) is 0 Å². The van der Waals surface area contributed by atoms with Gasteiger partial charge in [0.2, 0.25) is 5.69 Å². The summed E-state index contributed by atoms with van der Waals surface area (Å²) in [5.41, 5.74) is 6.18. The summed E-state index contributed by atoms with van der Waals surface area (Å²) in [5, 5.41) is 0. The summed E-state index contributed by atoms with van der Waals surface area (Å²) in [7, 11) is 0. The SMILES string of the molecule is CC1=[N+](c2ccccc2C)COc2ccc(C)cc21. The van der Waals surface area contributed by atoms with Gasteiger partial charge in [0, 0.05) is 18.6 Å². The number of ether oxygens (including phenoxy) is 1. The van der Waals surface area contributed by atoms with E-state index in [1.165, 1.54) is 28.1 Å². The van der Waals surface area contributed by atoms with Crippen molar-refractivity contribution in [3.63, 3.8) is 0 Å². The predicted octanol–water partition coefficient (Wildman–Crippen LogP) is 3.81. The molecule has 2 nitrogen and oxygen atoms in total. The summed E-state index contributed by atoms with van der Waals surface area (Å²) >= 11 is 0. The van der Waals surface area contributed by atoms with Crippen molar-refractivity contribution in [2.75, 3.05) is 6.73 Å². The summed E-state index contributed by atoms with van der Waals surface area (Å²) in [5.74, 6) is 0.980. The van der Waals surface area contributed by atoms with Gasteiger partial charge in [-0.15, -0.1) is 0 Å². The lowest BCUT2D eigenvalue weighted by atomic mass is 10.0. The van der Waals surface area contributed by atoms with Crippen LogP contribution in [0.15, 0.2) is 42.5 Å². The molecule has 0 unspecified atom stereocenters. The minimum absolute atomic E-state index is 0.576. The minimum Gasteiger partial charge on any atom is -0.435 e. The number of benzene rings is 2. The van der Waals surface area contributed by atoms with E-state index in [-0.39, 0.29) is 0 Å². The Balaban J connectivity index is 2.18. The number of hydrogen-bond donors (Lipinski definition) is 0. The van der Waals surface area contributed by atoms with Gasteiger partial charge in [-0.2, -0.15) is 4.58 Å². The molecule has 2 aromatic carbocycles. The standard InChI is InChI=1S/C17H18NO/c1-12-8-9-17-15(10-12)14(3)18(11-19-17)16-7-5-4-6-13(16)2/h4-10H,11H2,1-3H3/q+1. The van der Waals surface area contributed by atoms with Crippen LogP contribution in [0, 0.1) is 13.8 Å². The van der Waals surface area contributed by atoms with Crippen LogP contribution >= 0.6 is 0 Å². The van der Waals surface area contributed by atoms with Crippen molar-refractivity contribution in [1.82, 2.24) is 0 Å². The van der Waals surface area contributed by atoms with Gasteiger partial charge < -0.3 is 4.74 Å². The lowest BCUT2D eigenvalue weighted by Crippen LogP contribution is -2.26. The van der Waals surface area contributed by atoms with Gasteiger partial charge in [-0.3, -0.25) is 0 Å². The molecule has 1 heterocycles. The fraction of sp³-hybridized carbons (Fsp3) is 0.235.